The summed E-state index contributed by atoms with van der Waals surface area (Å²) in [4.78, 5) is 14.1. The molecule has 2 N–H and O–H groups in total. The van der Waals surface area contributed by atoms with Crippen LogP contribution in [0.4, 0.5) is 0 Å². The van der Waals surface area contributed by atoms with E-state index in [9.17, 15) is 4.79 Å². The topological polar surface area (TPSA) is 46.3 Å². The monoisotopic (exact) mass is 212 g/mol. The van der Waals surface area contributed by atoms with Gasteiger partial charge in [-0.1, -0.05) is 20.8 Å². The third-order valence-electron chi connectivity index (χ3n) is 3.38. The van der Waals surface area contributed by atoms with E-state index in [1.165, 1.54) is 6.42 Å². The van der Waals surface area contributed by atoms with Gasteiger partial charge in [0.1, 0.15) is 0 Å². The van der Waals surface area contributed by atoms with Crippen LogP contribution in [-0.2, 0) is 4.79 Å². The van der Waals surface area contributed by atoms with Gasteiger partial charge >= 0.3 is 0 Å². The van der Waals surface area contributed by atoms with Crippen LogP contribution in [0.1, 0.15) is 46.5 Å². The fraction of sp³-hybridized carbons (Fsp3) is 0.917. The molecule has 0 saturated carbocycles. The number of hydrogen-bond donors (Lipinski definition) is 1. The molecule has 3 nitrogen and oxygen atoms in total. The maximum atomic E-state index is 12.1. The SMILES string of the molecule is CC[C@@H]1CCCCN1C(=O)[C@@H](N)C(C)C. The highest BCUT2D eigenvalue weighted by Crippen LogP contribution is 2.20. The summed E-state index contributed by atoms with van der Waals surface area (Å²) in [5.41, 5.74) is 5.92. The van der Waals surface area contributed by atoms with Crippen LogP contribution in [0.3, 0.4) is 0 Å². The van der Waals surface area contributed by atoms with Crippen LogP contribution < -0.4 is 5.73 Å². The minimum Gasteiger partial charge on any atom is -0.338 e. The van der Waals surface area contributed by atoms with Crippen molar-refractivity contribution in [2.45, 2.75) is 58.5 Å². The lowest BCUT2D eigenvalue weighted by Gasteiger charge is -2.37. The average Bonchev–Trinajstić information content (AvgIpc) is 2.26. The molecule has 1 heterocycles. The van der Waals surface area contributed by atoms with E-state index in [0.717, 1.165) is 25.8 Å². The molecule has 0 unspecified atom stereocenters. The van der Waals surface area contributed by atoms with Gasteiger partial charge in [0.25, 0.3) is 0 Å². The second-order valence-corrected chi connectivity index (χ2v) is 4.86. The van der Waals surface area contributed by atoms with Crippen molar-refractivity contribution in [2.24, 2.45) is 11.7 Å². The Bertz CT molecular complexity index is 216. The average molecular weight is 212 g/mol. The zero-order valence-corrected chi connectivity index (χ0v) is 10.2. The molecule has 0 bridgehead atoms. The van der Waals surface area contributed by atoms with Crippen molar-refractivity contribution >= 4 is 5.91 Å². The summed E-state index contributed by atoms with van der Waals surface area (Å²) in [5.74, 6) is 0.383. The second kappa shape index (κ2) is 5.50. The molecule has 1 saturated heterocycles. The first-order chi connectivity index (χ1) is 7.07. The Morgan fingerprint density at radius 1 is 1.47 bits per heavy atom. The highest BCUT2D eigenvalue weighted by molar-refractivity contribution is 5.82. The predicted octanol–water partition coefficient (Wildman–Crippen LogP) is 1.76. The molecule has 1 fully saturated rings. The molecular formula is C12H24N2O. The molecule has 1 aliphatic heterocycles. The van der Waals surface area contributed by atoms with Crippen LogP contribution in [0, 0.1) is 5.92 Å². The lowest BCUT2D eigenvalue weighted by Crippen LogP contribution is -2.52. The van der Waals surface area contributed by atoms with Crippen LogP contribution >= 0.6 is 0 Å². The second-order valence-electron chi connectivity index (χ2n) is 4.86. The van der Waals surface area contributed by atoms with Crippen molar-refractivity contribution in [1.82, 2.24) is 4.90 Å². The fourth-order valence-electron chi connectivity index (χ4n) is 2.19. The van der Waals surface area contributed by atoms with Crippen LogP contribution in [0.25, 0.3) is 0 Å². The Hall–Kier alpha value is -0.570. The lowest BCUT2D eigenvalue weighted by atomic mass is 9.96. The van der Waals surface area contributed by atoms with E-state index < -0.39 is 0 Å². The Morgan fingerprint density at radius 2 is 2.13 bits per heavy atom. The third-order valence-corrected chi connectivity index (χ3v) is 3.38. The summed E-state index contributed by atoms with van der Waals surface area (Å²) in [6.07, 6.45) is 4.58. The molecule has 0 radical (unpaired) electrons. The molecular weight excluding hydrogens is 188 g/mol. The molecule has 3 heteroatoms. The van der Waals surface area contributed by atoms with Crippen molar-refractivity contribution in [3.8, 4) is 0 Å². The smallest absolute Gasteiger partial charge is 0.239 e. The molecule has 1 rings (SSSR count). The number of hydrogen-bond acceptors (Lipinski definition) is 2. The van der Waals surface area contributed by atoms with Crippen LogP contribution in [0.15, 0.2) is 0 Å². The first-order valence-corrected chi connectivity index (χ1v) is 6.14. The number of amides is 1. The van der Waals surface area contributed by atoms with E-state index in [-0.39, 0.29) is 17.9 Å². The van der Waals surface area contributed by atoms with E-state index in [0.29, 0.717) is 6.04 Å². The highest BCUT2D eigenvalue weighted by Gasteiger charge is 2.29. The number of piperidine rings is 1. The molecule has 88 valence electrons. The van der Waals surface area contributed by atoms with Gasteiger partial charge in [0.05, 0.1) is 6.04 Å². The van der Waals surface area contributed by atoms with Gasteiger partial charge in [-0.05, 0) is 31.6 Å². The standard InChI is InChI=1S/C12H24N2O/c1-4-10-7-5-6-8-14(10)12(15)11(13)9(2)3/h9-11H,4-8,13H2,1-3H3/t10-,11+/m1/s1. The maximum absolute atomic E-state index is 12.1. The van der Waals surface area contributed by atoms with Gasteiger partial charge in [0.2, 0.25) is 5.91 Å². The Balaban J connectivity index is 2.63. The molecule has 1 aliphatic rings. The normalized spacial score (nSPS) is 24.3. The van der Waals surface area contributed by atoms with Gasteiger partial charge in [0, 0.05) is 12.6 Å². The maximum Gasteiger partial charge on any atom is 0.239 e. The quantitative estimate of drug-likeness (QED) is 0.775. The number of nitrogens with zero attached hydrogens (tertiary/aromatic N) is 1. The van der Waals surface area contributed by atoms with Crippen molar-refractivity contribution < 1.29 is 4.79 Å². The highest BCUT2D eigenvalue weighted by atomic mass is 16.2. The summed E-state index contributed by atoms with van der Waals surface area (Å²) >= 11 is 0. The largest absolute Gasteiger partial charge is 0.338 e. The van der Waals surface area contributed by atoms with Gasteiger partial charge < -0.3 is 10.6 Å². The molecule has 0 spiro atoms. The molecule has 15 heavy (non-hydrogen) atoms. The summed E-state index contributed by atoms with van der Waals surface area (Å²) in [6.45, 7) is 7.07. The fourth-order valence-corrected chi connectivity index (χ4v) is 2.19. The van der Waals surface area contributed by atoms with Crippen molar-refractivity contribution in [3.05, 3.63) is 0 Å². The number of likely N-dealkylation sites (tertiary alicyclic amines) is 1. The van der Waals surface area contributed by atoms with Crippen molar-refractivity contribution in [1.29, 1.82) is 0 Å². The van der Waals surface area contributed by atoms with Gasteiger partial charge in [0.15, 0.2) is 0 Å². The van der Waals surface area contributed by atoms with Crippen LogP contribution in [0.5, 0.6) is 0 Å². The number of carbonyl (C=O) groups is 1. The molecule has 1 amide bonds. The van der Waals surface area contributed by atoms with E-state index in [1.807, 2.05) is 18.7 Å². The van der Waals surface area contributed by atoms with Gasteiger partial charge in [-0.3, -0.25) is 4.79 Å². The van der Waals surface area contributed by atoms with Crippen molar-refractivity contribution in [2.75, 3.05) is 6.54 Å². The number of nitrogens with two attached hydrogens (primary N) is 1. The zero-order valence-electron chi connectivity index (χ0n) is 10.2. The Kier molecular flexibility index (Phi) is 4.58. The van der Waals surface area contributed by atoms with E-state index in [4.69, 9.17) is 5.73 Å². The summed E-state index contributed by atoms with van der Waals surface area (Å²) < 4.78 is 0. The Labute approximate surface area is 93.0 Å². The van der Waals surface area contributed by atoms with Gasteiger partial charge in [-0.25, -0.2) is 0 Å². The molecule has 0 aliphatic carbocycles. The van der Waals surface area contributed by atoms with Gasteiger partial charge in [-0.15, -0.1) is 0 Å². The molecule has 0 aromatic carbocycles. The van der Waals surface area contributed by atoms with E-state index in [1.54, 1.807) is 0 Å². The van der Waals surface area contributed by atoms with E-state index in [2.05, 4.69) is 6.92 Å². The minimum absolute atomic E-state index is 0.150. The van der Waals surface area contributed by atoms with Gasteiger partial charge in [-0.2, -0.15) is 0 Å². The zero-order chi connectivity index (χ0) is 11.4. The molecule has 2 atom stereocenters. The van der Waals surface area contributed by atoms with E-state index >= 15 is 0 Å². The first-order valence-electron chi connectivity index (χ1n) is 6.14. The minimum atomic E-state index is -0.322. The Morgan fingerprint density at radius 3 is 2.67 bits per heavy atom. The number of rotatable bonds is 3. The van der Waals surface area contributed by atoms with Crippen LogP contribution in [-0.4, -0.2) is 29.4 Å². The molecule has 0 aromatic heterocycles. The summed E-state index contributed by atoms with van der Waals surface area (Å²) in [7, 11) is 0. The molecule has 0 aromatic rings. The predicted molar refractivity (Wildman–Crippen MR) is 62.5 cm³/mol. The lowest BCUT2D eigenvalue weighted by molar-refractivity contribution is -0.137. The van der Waals surface area contributed by atoms with Crippen LogP contribution in [0.2, 0.25) is 0 Å². The summed E-state index contributed by atoms with van der Waals surface area (Å²) in [5, 5.41) is 0. The number of carbonyl (C=O) groups excluding carboxylic acids is 1. The first kappa shape index (κ1) is 12.5. The third kappa shape index (κ3) is 2.94. The van der Waals surface area contributed by atoms with Crippen molar-refractivity contribution in [3.63, 3.8) is 0 Å². The summed E-state index contributed by atoms with van der Waals surface area (Å²) in [6, 6.07) is 0.105.